The van der Waals surface area contributed by atoms with Gasteiger partial charge in [0.15, 0.2) is 17.9 Å². The first-order chi connectivity index (χ1) is 40.1. The number of unbranched alkanes of at least 4 members (excludes halogenated alkanes) is 10. The second-order valence-electron chi connectivity index (χ2n) is 20.9. The van der Waals surface area contributed by atoms with E-state index in [-0.39, 0.29) is 94.3 Å². The van der Waals surface area contributed by atoms with E-state index in [4.69, 9.17) is 45.9 Å². The number of carbonyl (C=O) groups is 11. The molecule has 0 rings (SSSR count). The van der Waals surface area contributed by atoms with Crippen LogP contribution in [-0.4, -0.2) is 169 Å². The second kappa shape index (κ2) is 44.5. The minimum absolute atomic E-state index is 0.0259. The fourth-order valence-corrected chi connectivity index (χ4v) is 8.30. The molecule has 0 aliphatic carbocycles. The van der Waals surface area contributed by atoms with Gasteiger partial charge in [0.2, 0.25) is 65.0 Å². The fraction of sp³-hybridized carbons (Fsp3) is 0.736. The van der Waals surface area contributed by atoms with E-state index in [0.29, 0.717) is 12.8 Å². The molecule has 26 N–H and O–H groups in total. The third kappa shape index (κ3) is 37.0. The van der Waals surface area contributed by atoms with Gasteiger partial charge in [0.25, 0.3) is 0 Å². The molecular formula is C53H100N20O12. The van der Waals surface area contributed by atoms with Gasteiger partial charge in [0.05, 0.1) is 25.6 Å². The Morgan fingerprint density at radius 3 is 1.21 bits per heavy atom. The van der Waals surface area contributed by atoms with E-state index in [1.807, 2.05) is 0 Å². The number of nitrogens with two attached hydrogens (primary N) is 8. The summed E-state index contributed by atoms with van der Waals surface area (Å²) in [6.07, 6.45) is 10.4. The Labute approximate surface area is 498 Å². The van der Waals surface area contributed by atoms with E-state index in [1.54, 1.807) is 13.8 Å². The third-order valence-electron chi connectivity index (χ3n) is 13.3. The van der Waals surface area contributed by atoms with E-state index < -0.39 is 127 Å². The van der Waals surface area contributed by atoms with Crippen molar-refractivity contribution in [2.75, 3.05) is 32.7 Å². The van der Waals surface area contributed by atoms with Crippen LogP contribution in [0.25, 0.3) is 0 Å². The minimum atomic E-state index is -1.71. The van der Waals surface area contributed by atoms with Crippen molar-refractivity contribution in [3.05, 3.63) is 0 Å². The van der Waals surface area contributed by atoms with Crippen LogP contribution in [0.4, 0.5) is 0 Å². The van der Waals surface area contributed by atoms with E-state index in [1.165, 1.54) is 52.4 Å². The molecule has 0 bridgehead atoms. The van der Waals surface area contributed by atoms with Crippen LogP contribution in [-0.2, 0) is 52.7 Å². The highest BCUT2D eigenvalue weighted by atomic mass is 16.3. The van der Waals surface area contributed by atoms with Gasteiger partial charge in [-0.2, -0.15) is 0 Å². The first-order valence-corrected chi connectivity index (χ1v) is 29.2. The lowest BCUT2D eigenvalue weighted by molar-refractivity contribution is -0.136. The number of nitrogens with zero attached hydrogens (tertiary/aromatic N) is 3. The highest BCUT2D eigenvalue weighted by Gasteiger charge is 2.34. The summed E-state index contributed by atoms with van der Waals surface area (Å²) in [5.74, 6) is -10.9. The number of aliphatic hydroxyl groups is 1. The van der Waals surface area contributed by atoms with E-state index in [9.17, 15) is 57.8 Å². The standard InChI is InChI=1S/C53H100N20O12/c1-6-8-9-10-11-12-13-14-15-16-17-24-39(76)65-29-40(77)69-35(22-19-26-63-52(58)59)48(83)73-43(33(5)74)50(85)66-30-41(78)68-34(21-18-25-62-51(56)57)46(81)70-36(23-20-27-64-53(60)61)47(82)71-37(28-38(54)75)49(84)67-32(4)45(80)72-42(44(55)79)31(3)7-2/h31-37,42-43,74H,6-30H2,1-5H3,(H2,54,75)(H2,55,79)(H,65,76)(H,66,85)(H,67,84)(H,68,78)(H,69,77)(H,70,81)(H,71,82)(H,72,80)(H,73,83)(H4,56,57,62)(H4,58,59,63)(H4,60,61,64)/t31-,32-,33+,34-,35-,36-,37-,42-,43-/m0/s1. The summed E-state index contributed by atoms with van der Waals surface area (Å²) >= 11 is 0. The predicted octanol–water partition coefficient (Wildman–Crippen LogP) is -4.72. The Morgan fingerprint density at radius 1 is 0.412 bits per heavy atom. The maximum Gasteiger partial charge on any atom is 0.245 e. The molecule has 9 atom stereocenters. The second-order valence-corrected chi connectivity index (χ2v) is 20.9. The number of primary amides is 2. The SMILES string of the molecule is CCCCCCCCCCCCCC(=O)NCC(=O)N[C@@H](CCCN=C(N)N)C(=O)N[C@H](C(=O)NCC(=O)N[C@@H](CCCN=C(N)N)C(=O)N[C@@H](CCCN=C(N)N)C(=O)N[C@@H](CC(N)=O)C(=O)N[C@@H](C)C(=O)N[C@H](C(N)=O)[C@@H](C)CC)[C@@H](C)O. The van der Waals surface area contributed by atoms with Crippen LogP contribution >= 0.6 is 0 Å². The average molecular weight is 1210 g/mol. The molecule has 0 saturated carbocycles. The van der Waals surface area contributed by atoms with Gasteiger partial charge in [-0.05, 0) is 64.7 Å². The lowest BCUT2D eigenvalue weighted by Gasteiger charge is -2.26. The zero-order valence-electron chi connectivity index (χ0n) is 50.3. The molecule has 0 aromatic carbocycles. The molecule has 0 aromatic rings. The van der Waals surface area contributed by atoms with Crippen LogP contribution in [0.1, 0.15) is 163 Å². The Hall–Kier alpha value is -8.06. The van der Waals surface area contributed by atoms with Crippen molar-refractivity contribution in [3.63, 3.8) is 0 Å². The lowest BCUT2D eigenvalue weighted by Crippen LogP contribution is -2.60. The molecule has 0 fully saturated rings. The molecule has 0 radical (unpaired) electrons. The smallest absolute Gasteiger partial charge is 0.245 e. The molecule has 0 saturated heterocycles. The van der Waals surface area contributed by atoms with Crippen molar-refractivity contribution >= 4 is 82.9 Å². The van der Waals surface area contributed by atoms with Crippen LogP contribution in [0.5, 0.6) is 0 Å². The Bertz CT molecular complexity index is 2220. The molecule has 32 heteroatoms. The van der Waals surface area contributed by atoms with Gasteiger partial charge in [0, 0.05) is 26.1 Å². The zero-order valence-corrected chi connectivity index (χ0v) is 50.3. The number of nitrogens with one attached hydrogen (secondary N) is 9. The normalized spacial score (nSPS) is 14.0. The Morgan fingerprint density at radius 2 is 0.800 bits per heavy atom. The Balaban J connectivity index is 6.23. The maximum absolute atomic E-state index is 14.1. The zero-order chi connectivity index (χ0) is 64.4. The quantitative estimate of drug-likeness (QED) is 0.0155. The number of amides is 11. The molecular weight excluding hydrogens is 1110 g/mol. The minimum Gasteiger partial charge on any atom is -0.391 e. The van der Waals surface area contributed by atoms with Gasteiger partial charge in [-0.25, -0.2) is 0 Å². The highest BCUT2D eigenvalue weighted by molar-refractivity contribution is 5.99. The Kier molecular flexibility index (Phi) is 40.2. The summed E-state index contributed by atoms with van der Waals surface area (Å²) in [5.41, 5.74) is 43.6. The summed E-state index contributed by atoms with van der Waals surface area (Å²) < 4.78 is 0. The summed E-state index contributed by atoms with van der Waals surface area (Å²) in [6, 6.07) is -10.1. The van der Waals surface area contributed by atoms with E-state index in [0.717, 1.165) is 25.7 Å². The van der Waals surface area contributed by atoms with Crippen molar-refractivity contribution in [2.45, 2.75) is 211 Å². The molecule has 0 aliphatic rings. The largest absolute Gasteiger partial charge is 0.391 e. The number of carbonyl (C=O) groups excluding carboxylic acids is 11. The van der Waals surface area contributed by atoms with Crippen molar-refractivity contribution < 1.29 is 57.8 Å². The molecule has 484 valence electrons. The van der Waals surface area contributed by atoms with Crippen molar-refractivity contribution in [2.24, 2.45) is 66.8 Å². The molecule has 85 heavy (non-hydrogen) atoms. The number of aliphatic hydroxyl groups excluding tert-OH is 1. The van der Waals surface area contributed by atoms with Gasteiger partial charge in [-0.1, -0.05) is 91.4 Å². The van der Waals surface area contributed by atoms with Gasteiger partial charge >= 0.3 is 0 Å². The van der Waals surface area contributed by atoms with Crippen LogP contribution in [0.3, 0.4) is 0 Å². The van der Waals surface area contributed by atoms with Crippen LogP contribution in [0.2, 0.25) is 0 Å². The van der Waals surface area contributed by atoms with Gasteiger partial charge in [-0.15, -0.1) is 0 Å². The highest BCUT2D eigenvalue weighted by Crippen LogP contribution is 2.13. The first-order valence-electron chi connectivity index (χ1n) is 29.2. The van der Waals surface area contributed by atoms with Crippen molar-refractivity contribution in [3.8, 4) is 0 Å². The van der Waals surface area contributed by atoms with Gasteiger partial charge < -0.3 is 98.8 Å². The molecule has 0 spiro atoms. The summed E-state index contributed by atoms with van der Waals surface area (Å²) in [6.45, 7) is 6.82. The monoisotopic (exact) mass is 1210 g/mol. The van der Waals surface area contributed by atoms with Gasteiger partial charge in [-0.3, -0.25) is 67.7 Å². The molecule has 0 aromatic heterocycles. The number of hydrogen-bond acceptors (Lipinski definition) is 15. The lowest BCUT2D eigenvalue weighted by atomic mass is 9.98. The van der Waals surface area contributed by atoms with Crippen molar-refractivity contribution in [1.29, 1.82) is 0 Å². The van der Waals surface area contributed by atoms with Crippen LogP contribution in [0.15, 0.2) is 15.0 Å². The fourth-order valence-electron chi connectivity index (χ4n) is 8.30. The number of hydrogen-bond donors (Lipinski definition) is 18. The summed E-state index contributed by atoms with van der Waals surface area (Å²) in [4.78, 5) is 157. The molecule has 0 unspecified atom stereocenters. The van der Waals surface area contributed by atoms with E-state index in [2.05, 4.69) is 69.8 Å². The molecule has 0 heterocycles. The third-order valence-corrected chi connectivity index (χ3v) is 13.3. The van der Waals surface area contributed by atoms with Crippen LogP contribution in [0, 0.1) is 5.92 Å². The molecule has 0 aliphatic heterocycles. The van der Waals surface area contributed by atoms with Gasteiger partial charge in [0.1, 0.15) is 42.3 Å². The average Bonchev–Trinajstić information content (AvgIpc) is 3.62. The first kappa shape index (κ1) is 76.9. The molecule has 11 amide bonds. The maximum atomic E-state index is 14.1. The van der Waals surface area contributed by atoms with Crippen molar-refractivity contribution in [1.82, 2.24) is 47.9 Å². The molecule has 32 nitrogen and oxygen atoms in total. The number of rotatable bonds is 47. The van der Waals surface area contributed by atoms with Crippen LogP contribution < -0.4 is 93.7 Å². The number of aliphatic imine (C=N–C) groups is 3. The van der Waals surface area contributed by atoms with E-state index >= 15 is 0 Å². The summed E-state index contributed by atoms with van der Waals surface area (Å²) in [7, 11) is 0. The predicted molar refractivity (Wildman–Crippen MR) is 320 cm³/mol. The number of guanidine groups is 3. The summed E-state index contributed by atoms with van der Waals surface area (Å²) in [5, 5.41) is 32.6. The topological polar surface area (TPSA) is 562 Å².